The van der Waals surface area contributed by atoms with Crippen molar-refractivity contribution in [3.05, 3.63) is 33.3 Å². The topological polar surface area (TPSA) is 60.2 Å². The average molecular weight is 346 g/mol. The molecule has 1 unspecified atom stereocenters. The third-order valence-electron chi connectivity index (χ3n) is 4.74. The first kappa shape index (κ1) is 15.8. The van der Waals surface area contributed by atoms with Gasteiger partial charge in [-0.2, -0.15) is 0 Å². The van der Waals surface area contributed by atoms with Crippen LogP contribution < -0.4 is 0 Å². The quantitative estimate of drug-likeness (QED) is 0.834. The van der Waals surface area contributed by atoms with Crippen LogP contribution in [0, 0.1) is 12.8 Å². The number of fused-ring (bicyclic) bond motifs is 1. The maximum Gasteiger partial charge on any atom is 0.264 e. The van der Waals surface area contributed by atoms with Gasteiger partial charge in [-0.3, -0.25) is 4.79 Å². The molecule has 0 aromatic carbocycles. The van der Waals surface area contributed by atoms with Crippen molar-refractivity contribution in [3.63, 3.8) is 0 Å². The van der Waals surface area contributed by atoms with Gasteiger partial charge in [0, 0.05) is 26.1 Å². The minimum Gasteiger partial charge on any atom is -0.384 e. The predicted octanol–water partition coefficient (Wildman–Crippen LogP) is 2.44. The summed E-state index contributed by atoms with van der Waals surface area (Å²) in [5.41, 5.74) is 3.21. The summed E-state index contributed by atoms with van der Waals surface area (Å²) in [7, 11) is 1.71. The molecule has 4 rings (SSSR count). The van der Waals surface area contributed by atoms with E-state index in [9.17, 15) is 4.79 Å². The Morgan fingerprint density at radius 2 is 2.29 bits per heavy atom. The van der Waals surface area contributed by atoms with Crippen molar-refractivity contribution < 1.29 is 9.53 Å². The number of aryl methyl sites for hydroxylation is 1. The SMILES string of the molecule is COCC1CN(C(=O)c2cc(C)cs2)Cc2nnn(CC3CC3)c21. The number of hydrogen-bond acceptors (Lipinski definition) is 5. The summed E-state index contributed by atoms with van der Waals surface area (Å²) in [5.74, 6) is 0.960. The third kappa shape index (κ3) is 2.98. The molecule has 2 aromatic rings. The van der Waals surface area contributed by atoms with Crippen LogP contribution in [0.15, 0.2) is 11.4 Å². The van der Waals surface area contributed by atoms with Gasteiger partial charge in [0.1, 0.15) is 5.69 Å². The first-order chi connectivity index (χ1) is 11.7. The van der Waals surface area contributed by atoms with Crippen molar-refractivity contribution in [2.24, 2.45) is 5.92 Å². The number of rotatable bonds is 5. The number of carbonyl (C=O) groups is 1. The van der Waals surface area contributed by atoms with Crippen LogP contribution in [0.2, 0.25) is 0 Å². The second-order valence-electron chi connectivity index (χ2n) is 6.87. The van der Waals surface area contributed by atoms with Gasteiger partial charge in [-0.25, -0.2) is 4.68 Å². The molecule has 1 fully saturated rings. The highest BCUT2D eigenvalue weighted by Crippen LogP contribution is 2.34. The van der Waals surface area contributed by atoms with Gasteiger partial charge in [-0.15, -0.1) is 16.4 Å². The number of methoxy groups -OCH3 is 1. The molecular weight excluding hydrogens is 324 g/mol. The molecule has 0 saturated heterocycles. The normalized spacial score (nSPS) is 20.2. The molecule has 2 aromatic heterocycles. The van der Waals surface area contributed by atoms with E-state index in [2.05, 4.69) is 10.3 Å². The maximum absolute atomic E-state index is 12.8. The van der Waals surface area contributed by atoms with Crippen molar-refractivity contribution in [1.29, 1.82) is 0 Å². The second kappa shape index (κ2) is 6.29. The van der Waals surface area contributed by atoms with E-state index in [0.717, 1.165) is 34.3 Å². The molecule has 1 aliphatic heterocycles. The van der Waals surface area contributed by atoms with Crippen LogP contribution in [0.3, 0.4) is 0 Å². The van der Waals surface area contributed by atoms with E-state index in [1.807, 2.05) is 28.0 Å². The smallest absolute Gasteiger partial charge is 0.264 e. The monoisotopic (exact) mass is 346 g/mol. The minimum absolute atomic E-state index is 0.0802. The molecule has 128 valence electrons. The van der Waals surface area contributed by atoms with E-state index in [1.54, 1.807) is 7.11 Å². The zero-order valence-corrected chi connectivity index (χ0v) is 14.9. The second-order valence-corrected chi connectivity index (χ2v) is 7.78. The Morgan fingerprint density at radius 3 is 2.96 bits per heavy atom. The fourth-order valence-electron chi connectivity index (χ4n) is 3.38. The average Bonchev–Trinajstić information content (AvgIpc) is 3.13. The van der Waals surface area contributed by atoms with Gasteiger partial charge in [0.25, 0.3) is 5.91 Å². The molecule has 1 saturated carbocycles. The zero-order valence-electron chi connectivity index (χ0n) is 14.1. The van der Waals surface area contributed by atoms with Crippen LogP contribution in [0.4, 0.5) is 0 Å². The van der Waals surface area contributed by atoms with Crippen molar-refractivity contribution in [3.8, 4) is 0 Å². The van der Waals surface area contributed by atoms with Gasteiger partial charge in [-0.1, -0.05) is 5.21 Å². The lowest BCUT2D eigenvalue weighted by Gasteiger charge is -2.32. The van der Waals surface area contributed by atoms with Crippen molar-refractivity contribution in [2.45, 2.75) is 38.8 Å². The van der Waals surface area contributed by atoms with E-state index in [0.29, 0.717) is 19.7 Å². The van der Waals surface area contributed by atoms with E-state index in [1.165, 1.54) is 24.2 Å². The summed E-state index contributed by atoms with van der Waals surface area (Å²) in [6.45, 7) is 4.74. The van der Waals surface area contributed by atoms with Gasteiger partial charge in [0.15, 0.2) is 0 Å². The van der Waals surface area contributed by atoms with Crippen LogP contribution in [-0.2, 0) is 17.8 Å². The highest BCUT2D eigenvalue weighted by atomic mass is 32.1. The molecule has 0 N–H and O–H groups in total. The molecule has 1 atom stereocenters. The Balaban J connectivity index is 1.59. The zero-order chi connectivity index (χ0) is 16.7. The Morgan fingerprint density at radius 1 is 1.46 bits per heavy atom. The van der Waals surface area contributed by atoms with Crippen LogP contribution in [0.5, 0.6) is 0 Å². The highest BCUT2D eigenvalue weighted by molar-refractivity contribution is 7.12. The molecule has 0 bridgehead atoms. The molecule has 1 aliphatic carbocycles. The summed E-state index contributed by atoms with van der Waals surface area (Å²) in [5, 5.41) is 10.7. The molecular formula is C17H22N4O2S. The summed E-state index contributed by atoms with van der Waals surface area (Å²) in [6, 6.07) is 1.96. The lowest BCUT2D eigenvalue weighted by Crippen LogP contribution is -2.40. The Kier molecular flexibility index (Phi) is 4.14. The standard InChI is InChI=1S/C17H22N4O2S/c1-11-5-15(24-10-11)17(22)20-7-13(9-23-2)16-14(8-20)18-19-21(16)6-12-3-4-12/h5,10,12-13H,3-4,6-9H2,1-2H3. The Bertz CT molecular complexity index is 750. The molecule has 6 nitrogen and oxygen atoms in total. The van der Waals surface area contributed by atoms with Gasteiger partial charge < -0.3 is 9.64 Å². The molecule has 3 heterocycles. The molecule has 0 radical (unpaired) electrons. The summed E-state index contributed by atoms with van der Waals surface area (Å²) in [6.07, 6.45) is 2.57. The molecule has 1 amide bonds. The fourth-order valence-corrected chi connectivity index (χ4v) is 4.24. The molecule has 0 spiro atoms. The number of nitrogens with zero attached hydrogens (tertiary/aromatic N) is 4. The molecule has 7 heteroatoms. The summed E-state index contributed by atoms with van der Waals surface area (Å²) >= 11 is 1.51. The number of ether oxygens (including phenoxy) is 1. The first-order valence-electron chi connectivity index (χ1n) is 8.41. The van der Waals surface area contributed by atoms with E-state index < -0.39 is 0 Å². The number of thiophene rings is 1. The summed E-state index contributed by atoms with van der Waals surface area (Å²) < 4.78 is 7.47. The van der Waals surface area contributed by atoms with Crippen LogP contribution in [-0.4, -0.2) is 46.1 Å². The minimum atomic E-state index is 0.0802. The van der Waals surface area contributed by atoms with E-state index >= 15 is 0 Å². The van der Waals surface area contributed by atoms with Crippen molar-refractivity contribution >= 4 is 17.2 Å². The largest absolute Gasteiger partial charge is 0.384 e. The van der Waals surface area contributed by atoms with Crippen LogP contribution >= 0.6 is 11.3 Å². The lowest BCUT2D eigenvalue weighted by molar-refractivity contribution is 0.0677. The van der Waals surface area contributed by atoms with Gasteiger partial charge in [0.2, 0.25) is 0 Å². The van der Waals surface area contributed by atoms with Gasteiger partial charge >= 0.3 is 0 Å². The Hall–Kier alpha value is -1.73. The van der Waals surface area contributed by atoms with E-state index in [-0.39, 0.29) is 11.8 Å². The lowest BCUT2D eigenvalue weighted by atomic mass is 9.98. The summed E-state index contributed by atoms with van der Waals surface area (Å²) in [4.78, 5) is 15.5. The molecule has 2 aliphatic rings. The maximum atomic E-state index is 12.8. The van der Waals surface area contributed by atoms with Crippen molar-refractivity contribution in [1.82, 2.24) is 19.9 Å². The number of carbonyl (C=O) groups excluding carboxylic acids is 1. The first-order valence-corrected chi connectivity index (χ1v) is 9.29. The third-order valence-corrected chi connectivity index (χ3v) is 5.78. The number of aromatic nitrogens is 3. The van der Waals surface area contributed by atoms with Gasteiger partial charge in [0.05, 0.1) is 23.7 Å². The predicted molar refractivity (Wildman–Crippen MR) is 91.2 cm³/mol. The number of amides is 1. The Labute approximate surface area is 145 Å². The highest BCUT2D eigenvalue weighted by Gasteiger charge is 2.35. The van der Waals surface area contributed by atoms with Crippen LogP contribution in [0.1, 0.15) is 45.4 Å². The molecule has 24 heavy (non-hydrogen) atoms. The fraction of sp³-hybridized carbons (Fsp3) is 0.588. The van der Waals surface area contributed by atoms with Gasteiger partial charge in [-0.05, 0) is 42.7 Å². The van der Waals surface area contributed by atoms with Crippen molar-refractivity contribution in [2.75, 3.05) is 20.3 Å². The van der Waals surface area contributed by atoms with Crippen LogP contribution in [0.25, 0.3) is 0 Å². The number of hydrogen-bond donors (Lipinski definition) is 0. The van der Waals surface area contributed by atoms with E-state index in [4.69, 9.17) is 4.74 Å².